The van der Waals surface area contributed by atoms with Crippen molar-refractivity contribution < 1.29 is 4.39 Å². The first kappa shape index (κ1) is 15.0. The molecule has 106 valence electrons. The normalized spacial score (nSPS) is 10.8. The summed E-state index contributed by atoms with van der Waals surface area (Å²) in [5.74, 6) is -0.240. The van der Waals surface area contributed by atoms with Crippen LogP contribution in [-0.4, -0.2) is 6.54 Å². The van der Waals surface area contributed by atoms with Gasteiger partial charge in [-0.25, -0.2) is 4.39 Å². The number of halogens is 2. The second kappa shape index (κ2) is 6.38. The molecule has 0 saturated carbocycles. The lowest BCUT2D eigenvalue weighted by atomic mass is 9.98. The van der Waals surface area contributed by atoms with Crippen molar-refractivity contribution in [3.8, 4) is 11.1 Å². The van der Waals surface area contributed by atoms with Gasteiger partial charge in [-0.3, -0.25) is 0 Å². The molecule has 2 aromatic rings. The van der Waals surface area contributed by atoms with Gasteiger partial charge in [-0.05, 0) is 61.3 Å². The predicted octanol–water partition coefficient (Wildman–Crippen LogP) is 4.87. The number of benzene rings is 2. The van der Waals surface area contributed by atoms with Gasteiger partial charge in [-0.2, -0.15) is 0 Å². The van der Waals surface area contributed by atoms with Gasteiger partial charge in [-0.15, -0.1) is 0 Å². The van der Waals surface area contributed by atoms with Crippen LogP contribution in [0.1, 0.15) is 23.6 Å². The van der Waals surface area contributed by atoms with Crippen LogP contribution in [0.2, 0.25) is 5.02 Å². The van der Waals surface area contributed by atoms with E-state index in [4.69, 9.17) is 11.6 Å². The molecule has 0 aliphatic carbocycles. The van der Waals surface area contributed by atoms with E-state index in [1.54, 1.807) is 6.07 Å². The second-order valence-electron chi connectivity index (χ2n) is 5.01. The number of nitrogens with one attached hydrogen (secondary N) is 1. The van der Waals surface area contributed by atoms with Crippen LogP contribution >= 0.6 is 11.6 Å². The fourth-order valence-corrected chi connectivity index (χ4v) is 2.47. The monoisotopic (exact) mass is 291 g/mol. The SMILES string of the molecule is CCNCc1ccc(F)c(-c2cc(C)c(C)cc2Cl)c1. The zero-order chi connectivity index (χ0) is 14.7. The molecule has 20 heavy (non-hydrogen) atoms. The van der Waals surface area contributed by atoms with Gasteiger partial charge in [-0.1, -0.05) is 24.6 Å². The first-order valence-corrected chi connectivity index (χ1v) is 7.17. The van der Waals surface area contributed by atoms with Gasteiger partial charge in [0.2, 0.25) is 0 Å². The van der Waals surface area contributed by atoms with E-state index in [9.17, 15) is 4.39 Å². The lowest BCUT2D eigenvalue weighted by Crippen LogP contribution is -2.11. The smallest absolute Gasteiger partial charge is 0.131 e. The third-order valence-electron chi connectivity index (χ3n) is 3.48. The largest absolute Gasteiger partial charge is 0.313 e. The van der Waals surface area contributed by atoms with Crippen molar-refractivity contribution in [2.75, 3.05) is 6.54 Å². The number of rotatable bonds is 4. The second-order valence-corrected chi connectivity index (χ2v) is 5.42. The lowest BCUT2D eigenvalue weighted by molar-refractivity contribution is 0.629. The molecule has 0 spiro atoms. The molecule has 0 amide bonds. The van der Waals surface area contributed by atoms with Crippen molar-refractivity contribution in [2.45, 2.75) is 27.3 Å². The van der Waals surface area contributed by atoms with Crippen molar-refractivity contribution in [3.05, 3.63) is 57.9 Å². The Morgan fingerprint density at radius 2 is 1.75 bits per heavy atom. The minimum atomic E-state index is -0.240. The Labute approximate surface area is 124 Å². The van der Waals surface area contributed by atoms with Crippen molar-refractivity contribution >= 4 is 11.6 Å². The van der Waals surface area contributed by atoms with Crippen LogP contribution in [0, 0.1) is 19.7 Å². The Balaban J connectivity index is 2.48. The standard InChI is InChI=1S/C17H19ClFN/c1-4-20-10-13-5-6-17(19)15(9-13)14-7-11(2)12(3)8-16(14)18/h5-9,20H,4,10H2,1-3H3. The molecule has 0 radical (unpaired) electrons. The first-order valence-electron chi connectivity index (χ1n) is 6.79. The van der Waals surface area contributed by atoms with Crippen molar-refractivity contribution in [1.82, 2.24) is 5.32 Å². The molecule has 0 heterocycles. The van der Waals surface area contributed by atoms with Crippen LogP contribution in [0.15, 0.2) is 30.3 Å². The average molecular weight is 292 g/mol. The molecule has 2 aromatic carbocycles. The molecule has 0 bridgehead atoms. The topological polar surface area (TPSA) is 12.0 Å². The van der Waals surface area contributed by atoms with Gasteiger partial charge >= 0.3 is 0 Å². The Morgan fingerprint density at radius 3 is 2.45 bits per heavy atom. The Bertz CT molecular complexity index is 623. The molecule has 3 heteroatoms. The van der Waals surface area contributed by atoms with Gasteiger partial charge in [0.15, 0.2) is 0 Å². The number of hydrogen-bond acceptors (Lipinski definition) is 1. The van der Waals surface area contributed by atoms with Crippen LogP contribution in [0.5, 0.6) is 0 Å². The summed E-state index contributed by atoms with van der Waals surface area (Å²) in [5.41, 5.74) is 4.60. The molecule has 2 rings (SSSR count). The van der Waals surface area contributed by atoms with E-state index in [0.29, 0.717) is 10.6 Å². The highest BCUT2D eigenvalue weighted by atomic mass is 35.5. The van der Waals surface area contributed by atoms with Gasteiger partial charge < -0.3 is 5.32 Å². The summed E-state index contributed by atoms with van der Waals surface area (Å²) in [5, 5.41) is 3.83. The van der Waals surface area contributed by atoms with E-state index in [-0.39, 0.29) is 5.82 Å². The minimum Gasteiger partial charge on any atom is -0.313 e. The maximum Gasteiger partial charge on any atom is 0.131 e. The van der Waals surface area contributed by atoms with E-state index >= 15 is 0 Å². The lowest BCUT2D eigenvalue weighted by Gasteiger charge is -2.11. The van der Waals surface area contributed by atoms with E-state index in [0.717, 1.165) is 35.3 Å². The zero-order valence-corrected chi connectivity index (χ0v) is 12.8. The van der Waals surface area contributed by atoms with Gasteiger partial charge in [0.1, 0.15) is 5.82 Å². The van der Waals surface area contributed by atoms with Crippen molar-refractivity contribution in [1.29, 1.82) is 0 Å². The molecular formula is C17H19ClFN. The van der Waals surface area contributed by atoms with Crippen LogP contribution in [-0.2, 0) is 6.54 Å². The number of aryl methyl sites for hydroxylation is 2. The molecule has 0 unspecified atom stereocenters. The quantitative estimate of drug-likeness (QED) is 0.847. The summed E-state index contributed by atoms with van der Waals surface area (Å²) >= 11 is 6.28. The molecule has 0 saturated heterocycles. The molecule has 0 atom stereocenters. The maximum atomic E-state index is 14.1. The third-order valence-corrected chi connectivity index (χ3v) is 3.80. The number of hydrogen-bond donors (Lipinski definition) is 1. The first-order chi connectivity index (χ1) is 9.52. The van der Waals surface area contributed by atoms with Gasteiger partial charge in [0, 0.05) is 22.7 Å². The maximum absolute atomic E-state index is 14.1. The Kier molecular flexibility index (Phi) is 4.79. The van der Waals surface area contributed by atoms with Crippen molar-refractivity contribution in [2.24, 2.45) is 0 Å². The predicted molar refractivity (Wildman–Crippen MR) is 83.7 cm³/mol. The Morgan fingerprint density at radius 1 is 1.05 bits per heavy atom. The summed E-state index contributed by atoms with van der Waals surface area (Å²) in [4.78, 5) is 0. The fourth-order valence-electron chi connectivity index (χ4n) is 2.15. The third kappa shape index (κ3) is 3.20. The molecule has 0 aliphatic rings. The molecule has 0 aliphatic heterocycles. The molecule has 1 N–H and O–H groups in total. The summed E-state index contributed by atoms with van der Waals surface area (Å²) in [6.07, 6.45) is 0. The van der Waals surface area contributed by atoms with Gasteiger partial charge in [0.25, 0.3) is 0 Å². The average Bonchev–Trinajstić information content (AvgIpc) is 2.42. The van der Waals surface area contributed by atoms with Crippen LogP contribution < -0.4 is 5.32 Å². The van der Waals surface area contributed by atoms with Gasteiger partial charge in [0.05, 0.1) is 0 Å². The van der Waals surface area contributed by atoms with Crippen LogP contribution in [0.3, 0.4) is 0 Å². The molecule has 0 fully saturated rings. The highest BCUT2D eigenvalue weighted by Gasteiger charge is 2.11. The summed E-state index contributed by atoms with van der Waals surface area (Å²) < 4.78 is 14.1. The minimum absolute atomic E-state index is 0.240. The Hall–Kier alpha value is -1.38. The fraction of sp³-hybridized carbons (Fsp3) is 0.294. The van der Waals surface area contributed by atoms with E-state index in [1.165, 1.54) is 6.07 Å². The van der Waals surface area contributed by atoms with Crippen LogP contribution in [0.4, 0.5) is 4.39 Å². The zero-order valence-electron chi connectivity index (χ0n) is 12.1. The highest BCUT2D eigenvalue weighted by Crippen LogP contribution is 2.32. The van der Waals surface area contributed by atoms with Crippen molar-refractivity contribution in [3.63, 3.8) is 0 Å². The summed E-state index contributed by atoms with van der Waals surface area (Å²) in [6, 6.07) is 9.02. The molecule has 0 aromatic heterocycles. The highest BCUT2D eigenvalue weighted by molar-refractivity contribution is 6.33. The molecular weight excluding hydrogens is 273 g/mol. The summed E-state index contributed by atoms with van der Waals surface area (Å²) in [6.45, 7) is 7.67. The van der Waals surface area contributed by atoms with E-state index in [1.807, 2.05) is 39.0 Å². The molecule has 1 nitrogen and oxygen atoms in total. The van der Waals surface area contributed by atoms with E-state index < -0.39 is 0 Å². The summed E-state index contributed by atoms with van der Waals surface area (Å²) in [7, 11) is 0. The van der Waals surface area contributed by atoms with Crippen LogP contribution in [0.25, 0.3) is 11.1 Å². The van der Waals surface area contributed by atoms with E-state index in [2.05, 4.69) is 5.32 Å².